The predicted octanol–water partition coefficient (Wildman–Crippen LogP) is 23.7. The maximum absolute atomic E-state index is 7.83. The number of para-hydroxylation sites is 7. The van der Waals surface area contributed by atoms with Gasteiger partial charge in [0.25, 0.3) is 0 Å². The van der Waals surface area contributed by atoms with Crippen LogP contribution in [0.5, 0.6) is 40.2 Å². The summed E-state index contributed by atoms with van der Waals surface area (Å²) in [5.41, 5.74) is 2.91. The van der Waals surface area contributed by atoms with E-state index in [1.807, 2.05) is 176 Å². The maximum atomic E-state index is 7.83. The number of hydrogen-bond acceptors (Lipinski definition) is 9. The molecule has 7 rings (SSSR count). The Labute approximate surface area is 508 Å². The number of aryl methyl sites for hydroxylation is 3. The number of benzene rings is 7. The molecule has 0 bridgehead atoms. The van der Waals surface area contributed by atoms with Gasteiger partial charge in [0.05, 0.1) is 0 Å². The van der Waals surface area contributed by atoms with Crippen molar-refractivity contribution < 1.29 is 40.7 Å². The summed E-state index contributed by atoms with van der Waals surface area (Å²) in [6.07, 6.45) is 24.5. The first-order valence-electron chi connectivity index (χ1n) is 31.5. The normalized spacial score (nSPS) is 12.1. The summed E-state index contributed by atoms with van der Waals surface area (Å²) >= 11 is 0. The Bertz CT molecular complexity index is 2570. The summed E-state index contributed by atoms with van der Waals surface area (Å²) in [5.74, 6) is 4.81. The van der Waals surface area contributed by atoms with E-state index in [9.17, 15) is 0 Å². The molecule has 0 heterocycles. The van der Waals surface area contributed by atoms with Crippen molar-refractivity contribution in [3.8, 4) is 40.2 Å². The fraction of sp³-hybridized carbons (Fsp3) is 0.417. The van der Waals surface area contributed by atoms with Gasteiger partial charge in [0, 0.05) is 0 Å². The number of rotatable bonds is 41. The van der Waals surface area contributed by atoms with E-state index in [0.29, 0.717) is 59.6 Å². The molecule has 9 nitrogen and oxygen atoms in total. The zero-order valence-corrected chi connectivity index (χ0v) is 54.3. The minimum atomic E-state index is -4.80. The fourth-order valence-electron chi connectivity index (χ4n) is 9.78. The minimum Gasteiger partial charge on any atom is -0.409 e. The van der Waals surface area contributed by atoms with Crippen LogP contribution in [0.4, 0.5) is 0 Å². The van der Waals surface area contributed by atoms with Crippen molar-refractivity contribution in [2.75, 3.05) is 19.4 Å². The van der Waals surface area contributed by atoms with E-state index in [0.717, 1.165) is 74.5 Å². The van der Waals surface area contributed by atoms with Gasteiger partial charge in [-0.05, 0) is 36.4 Å². The quantitative estimate of drug-likeness (QED) is 0.0275. The van der Waals surface area contributed by atoms with Crippen LogP contribution < -0.4 is 31.7 Å². The zero-order valence-electron chi connectivity index (χ0n) is 51.5. The van der Waals surface area contributed by atoms with Gasteiger partial charge in [0.2, 0.25) is 0 Å². The van der Waals surface area contributed by atoms with E-state index >= 15 is 0 Å². The first-order valence-corrected chi connectivity index (χ1v) is 37.3. The van der Waals surface area contributed by atoms with Crippen LogP contribution in [0.15, 0.2) is 194 Å². The van der Waals surface area contributed by atoms with Gasteiger partial charge < -0.3 is 13.6 Å². The average Bonchev–Trinajstić information content (AvgIpc) is 0.776. The molecule has 0 saturated carbocycles. The van der Waals surface area contributed by atoms with Crippen LogP contribution in [0.1, 0.15) is 172 Å². The van der Waals surface area contributed by atoms with Crippen molar-refractivity contribution in [1.29, 1.82) is 0 Å². The third kappa shape index (κ3) is 22.3. The Morgan fingerprint density at radius 2 is 0.583 bits per heavy atom. The SMILES string of the molecule is CCCCCCCCCOP(CCCCCCCCC)(OCCCCCCCCC)(Oc1ccccc1)[PH](Oc1ccccc1C)(Oc1ccccc1C)Oc1ccccc1C.c1ccc(OP(Oc2ccccc2)Oc2ccccc2)cc1. The minimum absolute atomic E-state index is 0.437. The summed E-state index contributed by atoms with van der Waals surface area (Å²) < 4.78 is 64.2. The summed E-state index contributed by atoms with van der Waals surface area (Å²) in [4.78, 5) is 0. The fourth-order valence-corrected chi connectivity index (χ4v) is 22.4. The Hall–Kier alpha value is -5.65. The average molecular weight is 1200 g/mol. The largest absolute Gasteiger partial charge is 0.530 e. The van der Waals surface area contributed by atoms with E-state index in [4.69, 9.17) is 40.7 Å². The molecule has 7 aromatic rings. The molecule has 0 aliphatic heterocycles. The molecule has 0 N–H and O–H groups in total. The molecule has 84 heavy (non-hydrogen) atoms. The van der Waals surface area contributed by atoms with E-state index in [1.54, 1.807) is 0 Å². The monoisotopic (exact) mass is 1200 g/mol. The van der Waals surface area contributed by atoms with Gasteiger partial charge in [-0.3, -0.25) is 0 Å². The van der Waals surface area contributed by atoms with Crippen molar-refractivity contribution in [2.24, 2.45) is 0 Å². The van der Waals surface area contributed by atoms with Crippen molar-refractivity contribution in [1.82, 2.24) is 0 Å². The smallest absolute Gasteiger partial charge is 0.409 e. The summed E-state index contributed by atoms with van der Waals surface area (Å²) in [5, 5.41) is 0. The molecule has 0 spiro atoms. The van der Waals surface area contributed by atoms with Crippen LogP contribution in [0.2, 0.25) is 0 Å². The summed E-state index contributed by atoms with van der Waals surface area (Å²) in [6.45, 7) is 9.14. The maximum Gasteiger partial charge on any atom is 0.530 e. The molecular formula is C72H99O9P3. The van der Waals surface area contributed by atoms with Crippen molar-refractivity contribution >= 4 is 23.2 Å². The predicted molar refractivity (Wildman–Crippen MR) is 357 cm³/mol. The van der Waals surface area contributed by atoms with Gasteiger partial charge in [-0.1, -0.05) is 54.6 Å². The van der Waals surface area contributed by atoms with Gasteiger partial charge in [-0.25, -0.2) is 0 Å². The number of unbranched alkanes of at least 4 members (excludes halogenated alkanes) is 18. The third-order valence-electron chi connectivity index (χ3n) is 14.7. The van der Waals surface area contributed by atoms with Gasteiger partial charge in [0.1, 0.15) is 17.2 Å². The Balaban J connectivity index is 0.000000425. The Morgan fingerprint density at radius 1 is 0.310 bits per heavy atom. The molecule has 0 radical (unpaired) electrons. The van der Waals surface area contributed by atoms with Gasteiger partial charge in [-0.15, -0.1) is 0 Å². The molecule has 0 unspecified atom stereocenters. The Morgan fingerprint density at radius 3 is 0.905 bits per heavy atom. The van der Waals surface area contributed by atoms with Crippen LogP contribution in [-0.2, 0) is 9.05 Å². The van der Waals surface area contributed by atoms with E-state index in [-0.39, 0.29) is 0 Å². The molecule has 0 atom stereocenters. The van der Waals surface area contributed by atoms with Crippen molar-refractivity contribution in [2.45, 2.75) is 176 Å². The molecule has 456 valence electrons. The molecule has 0 fully saturated rings. The van der Waals surface area contributed by atoms with E-state index < -0.39 is 23.2 Å². The van der Waals surface area contributed by atoms with Crippen molar-refractivity contribution in [3.63, 3.8) is 0 Å². The molecule has 12 heteroatoms. The zero-order chi connectivity index (χ0) is 59.3. The van der Waals surface area contributed by atoms with Crippen LogP contribution >= 0.6 is 23.2 Å². The van der Waals surface area contributed by atoms with Gasteiger partial charge >= 0.3 is 389 Å². The van der Waals surface area contributed by atoms with Crippen LogP contribution in [0, 0.1) is 20.8 Å². The summed E-state index contributed by atoms with van der Waals surface area (Å²) in [7, 11) is -6.10. The van der Waals surface area contributed by atoms with Gasteiger partial charge in [0.15, 0.2) is 0 Å². The topological polar surface area (TPSA) is 83.1 Å². The van der Waals surface area contributed by atoms with Crippen molar-refractivity contribution in [3.05, 3.63) is 211 Å². The van der Waals surface area contributed by atoms with Crippen LogP contribution in [-0.4, -0.2) is 19.4 Å². The molecule has 0 aromatic heterocycles. The molecule has 0 saturated heterocycles. The van der Waals surface area contributed by atoms with E-state index in [1.165, 1.54) is 77.0 Å². The Kier molecular flexibility index (Phi) is 30.9. The third-order valence-corrected chi connectivity index (χ3v) is 27.0. The summed E-state index contributed by atoms with van der Waals surface area (Å²) in [6, 6.07) is 63.1. The van der Waals surface area contributed by atoms with Crippen LogP contribution in [0.25, 0.3) is 0 Å². The molecule has 0 aliphatic rings. The standard InChI is InChI=1S/C54H84O6P2.C18H15O3P/c1-7-10-13-16-19-22-34-45-55-62(60-51-40-26-25-27-41-51,47-36-24-21-18-15-12-9-3,56-46-35-23-20-17-14-11-8-2)61(57-52-42-31-28-37-48(52)4,58-53-43-32-29-38-49(53)5)59-54-44-33-30-39-50(54)6;1-4-10-16(11-5-1)19-22(20-17-12-6-2-7-13-17)21-18-14-8-3-9-15-18/h25-33,37-44,61H,7-24,34-36,45-47H2,1-6H3;1-15H. The van der Waals surface area contributed by atoms with Gasteiger partial charge in [-0.2, -0.15) is 0 Å². The first-order chi connectivity index (χ1) is 41.2. The molecule has 0 aliphatic carbocycles. The van der Waals surface area contributed by atoms with E-state index in [2.05, 4.69) is 59.7 Å². The molecular weight excluding hydrogens is 1100 g/mol. The molecule has 7 aromatic carbocycles. The second-order valence-electron chi connectivity index (χ2n) is 21.8. The molecule has 0 amide bonds. The van der Waals surface area contributed by atoms with Crippen LogP contribution in [0.3, 0.4) is 0 Å². The second-order valence-corrected chi connectivity index (χ2v) is 31.9. The second kappa shape index (κ2) is 38.4. The first kappa shape index (κ1) is 67.5. The number of hydrogen-bond donors (Lipinski definition) is 0.